The number of aliphatic carboxylic acids is 1. The molecule has 0 aromatic carbocycles. The highest BCUT2D eigenvalue weighted by atomic mass is 16.6. The van der Waals surface area contributed by atoms with Crippen molar-refractivity contribution in [2.45, 2.75) is 63.4 Å². The van der Waals surface area contributed by atoms with Crippen molar-refractivity contribution in [2.75, 3.05) is 0 Å². The van der Waals surface area contributed by atoms with E-state index in [-0.39, 0.29) is 0 Å². The fourth-order valence-electron chi connectivity index (χ4n) is 3.26. The van der Waals surface area contributed by atoms with Gasteiger partial charge in [-0.3, -0.25) is 9.59 Å². The summed E-state index contributed by atoms with van der Waals surface area (Å²) in [6.45, 7) is 3.78. The number of carboxylic acid groups (broad SMARTS) is 1. The standard InChI is InChI=1S/C15H22O4/c1-2-14(8-4-3-5-9-14)19-13(18)15(12(16)17)10-6-7-11-15/h2H,1,3-11H2,(H,16,17). The number of carboxylic acids is 1. The molecule has 4 nitrogen and oxygen atoms in total. The van der Waals surface area contributed by atoms with Gasteiger partial charge in [-0.2, -0.15) is 0 Å². The molecule has 0 unspecified atom stereocenters. The Labute approximate surface area is 113 Å². The summed E-state index contributed by atoms with van der Waals surface area (Å²) in [7, 11) is 0. The molecule has 2 fully saturated rings. The third kappa shape index (κ3) is 2.53. The summed E-state index contributed by atoms with van der Waals surface area (Å²) >= 11 is 0. The minimum Gasteiger partial charge on any atom is -0.480 e. The van der Waals surface area contributed by atoms with E-state index in [9.17, 15) is 14.7 Å². The van der Waals surface area contributed by atoms with Crippen molar-refractivity contribution in [2.24, 2.45) is 5.41 Å². The highest BCUT2D eigenvalue weighted by molar-refractivity contribution is 5.99. The quantitative estimate of drug-likeness (QED) is 0.482. The van der Waals surface area contributed by atoms with Crippen LogP contribution in [0.25, 0.3) is 0 Å². The van der Waals surface area contributed by atoms with Crippen LogP contribution in [-0.2, 0) is 14.3 Å². The van der Waals surface area contributed by atoms with E-state index in [1.807, 2.05) is 0 Å². The van der Waals surface area contributed by atoms with Crippen molar-refractivity contribution in [3.05, 3.63) is 12.7 Å². The highest BCUT2D eigenvalue weighted by Crippen LogP contribution is 2.42. The van der Waals surface area contributed by atoms with Gasteiger partial charge in [0.05, 0.1) is 0 Å². The van der Waals surface area contributed by atoms with E-state index in [1.54, 1.807) is 6.08 Å². The first-order chi connectivity index (χ1) is 9.05. The van der Waals surface area contributed by atoms with Crippen molar-refractivity contribution in [1.29, 1.82) is 0 Å². The summed E-state index contributed by atoms with van der Waals surface area (Å²) in [6, 6.07) is 0. The first-order valence-electron chi connectivity index (χ1n) is 7.15. The lowest BCUT2D eigenvalue weighted by atomic mass is 9.82. The van der Waals surface area contributed by atoms with Gasteiger partial charge in [0.2, 0.25) is 0 Å². The van der Waals surface area contributed by atoms with Crippen LogP contribution < -0.4 is 0 Å². The predicted octanol–water partition coefficient (Wildman–Crippen LogP) is 3.06. The van der Waals surface area contributed by atoms with Crippen molar-refractivity contribution in [3.8, 4) is 0 Å². The number of carbonyl (C=O) groups is 2. The lowest BCUT2D eigenvalue weighted by Gasteiger charge is -2.36. The molecule has 0 aromatic rings. The Bertz CT molecular complexity index is 374. The molecule has 0 amide bonds. The van der Waals surface area contributed by atoms with Crippen LogP contribution in [0.15, 0.2) is 12.7 Å². The van der Waals surface area contributed by atoms with E-state index in [0.717, 1.165) is 44.9 Å². The molecular formula is C15H22O4. The van der Waals surface area contributed by atoms with E-state index in [4.69, 9.17) is 4.74 Å². The lowest BCUT2D eigenvalue weighted by Crippen LogP contribution is -2.44. The maximum atomic E-state index is 12.4. The molecule has 2 aliphatic rings. The summed E-state index contributed by atoms with van der Waals surface area (Å²) in [5.41, 5.74) is -1.95. The molecule has 0 saturated heterocycles. The molecule has 0 heterocycles. The molecule has 0 bridgehead atoms. The van der Waals surface area contributed by atoms with Crippen LogP contribution >= 0.6 is 0 Å². The van der Waals surface area contributed by atoms with Gasteiger partial charge in [-0.1, -0.05) is 25.8 Å². The summed E-state index contributed by atoms with van der Waals surface area (Å²) in [4.78, 5) is 23.9. The van der Waals surface area contributed by atoms with Gasteiger partial charge >= 0.3 is 11.9 Å². The van der Waals surface area contributed by atoms with Crippen molar-refractivity contribution < 1.29 is 19.4 Å². The second-order valence-corrected chi connectivity index (χ2v) is 5.81. The Balaban J connectivity index is 2.14. The number of hydrogen-bond acceptors (Lipinski definition) is 3. The van der Waals surface area contributed by atoms with Crippen LogP contribution in [-0.4, -0.2) is 22.6 Å². The number of esters is 1. The minimum absolute atomic E-state index is 0.397. The topological polar surface area (TPSA) is 63.6 Å². The van der Waals surface area contributed by atoms with Gasteiger partial charge in [0.15, 0.2) is 5.41 Å². The molecule has 106 valence electrons. The first-order valence-corrected chi connectivity index (χ1v) is 7.15. The third-order valence-corrected chi connectivity index (χ3v) is 4.63. The van der Waals surface area contributed by atoms with Crippen LogP contribution in [0.2, 0.25) is 0 Å². The first kappa shape index (κ1) is 14.1. The summed E-state index contributed by atoms with van der Waals surface area (Å²) in [5.74, 6) is -1.59. The Hall–Kier alpha value is -1.32. The molecule has 0 aliphatic heterocycles. The second kappa shape index (κ2) is 5.35. The Morgan fingerprint density at radius 3 is 2.00 bits per heavy atom. The van der Waals surface area contributed by atoms with Crippen LogP contribution in [0, 0.1) is 5.41 Å². The Morgan fingerprint density at radius 1 is 1.00 bits per heavy atom. The molecule has 19 heavy (non-hydrogen) atoms. The molecular weight excluding hydrogens is 244 g/mol. The Kier molecular flexibility index (Phi) is 3.97. The lowest BCUT2D eigenvalue weighted by molar-refractivity contribution is -0.178. The van der Waals surface area contributed by atoms with Gasteiger partial charge in [-0.25, -0.2) is 0 Å². The molecule has 2 aliphatic carbocycles. The van der Waals surface area contributed by atoms with E-state index in [2.05, 4.69) is 6.58 Å². The fraction of sp³-hybridized carbons (Fsp3) is 0.733. The predicted molar refractivity (Wildman–Crippen MR) is 70.6 cm³/mol. The van der Waals surface area contributed by atoms with Crippen LogP contribution in [0.3, 0.4) is 0 Å². The summed E-state index contributed by atoms with van der Waals surface area (Å²) in [6.07, 6.45) is 8.70. The normalized spacial score (nSPS) is 24.6. The van der Waals surface area contributed by atoms with E-state index < -0.39 is 23.0 Å². The maximum absolute atomic E-state index is 12.4. The molecule has 0 radical (unpaired) electrons. The number of hydrogen-bond donors (Lipinski definition) is 1. The average Bonchev–Trinajstić information content (AvgIpc) is 2.90. The van der Waals surface area contributed by atoms with E-state index in [1.165, 1.54) is 0 Å². The molecule has 0 atom stereocenters. The smallest absolute Gasteiger partial charge is 0.324 e. The summed E-state index contributed by atoms with van der Waals surface area (Å²) < 4.78 is 5.64. The van der Waals surface area contributed by atoms with Gasteiger partial charge in [-0.15, -0.1) is 0 Å². The van der Waals surface area contributed by atoms with E-state index >= 15 is 0 Å². The largest absolute Gasteiger partial charge is 0.480 e. The zero-order valence-electron chi connectivity index (χ0n) is 11.3. The third-order valence-electron chi connectivity index (χ3n) is 4.63. The minimum atomic E-state index is -1.31. The molecule has 0 spiro atoms. The van der Waals surface area contributed by atoms with Crippen molar-refractivity contribution in [3.63, 3.8) is 0 Å². The van der Waals surface area contributed by atoms with Gasteiger partial charge in [0, 0.05) is 0 Å². The van der Waals surface area contributed by atoms with Crippen LogP contribution in [0.5, 0.6) is 0 Å². The zero-order chi connectivity index (χ0) is 13.9. The molecule has 4 heteroatoms. The van der Waals surface area contributed by atoms with E-state index in [0.29, 0.717) is 12.8 Å². The zero-order valence-corrected chi connectivity index (χ0v) is 11.3. The Morgan fingerprint density at radius 2 is 1.53 bits per heavy atom. The molecule has 2 saturated carbocycles. The van der Waals surface area contributed by atoms with Gasteiger partial charge in [0.25, 0.3) is 0 Å². The number of carbonyl (C=O) groups excluding carboxylic acids is 1. The number of ether oxygens (including phenoxy) is 1. The van der Waals surface area contributed by atoms with Gasteiger partial charge in [-0.05, 0) is 44.6 Å². The SMILES string of the molecule is C=CC1(OC(=O)C2(C(=O)O)CCCC2)CCCCC1. The summed E-state index contributed by atoms with van der Waals surface area (Å²) in [5, 5.41) is 9.39. The van der Waals surface area contributed by atoms with Gasteiger partial charge < -0.3 is 9.84 Å². The maximum Gasteiger partial charge on any atom is 0.324 e. The van der Waals surface area contributed by atoms with Gasteiger partial charge in [0.1, 0.15) is 5.60 Å². The van der Waals surface area contributed by atoms with Crippen LogP contribution in [0.1, 0.15) is 57.8 Å². The average molecular weight is 266 g/mol. The monoisotopic (exact) mass is 266 g/mol. The van der Waals surface area contributed by atoms with Crippen LogP contribution in [0.4, 0.5) is 0 Å². The number of rotatable bonds is 4. The molecule has 0 aromatic heterocycles. The molecule has 2 rings (SSSR count). The highest BCUT2D eigenvalue weighted by Gasteiger charge is 2.51. The van der Waals surface area contributed by atoms with Crippen molar-refractivity contribution in [1.82, 2.24) is 0 Å². The molecule has 1 N–H and O–H groups in total. The van der Waals surface area contributed by atoms with Crippen molar-refractivity contribution >= 4 is 11.9 Å². The second-order valence-electron chi connectivity index (χ2n) is 5.81. The fourth-order valence-corrected chi connectivity index (χ4v) is 3.26.